The van der Waals surface area contributed by atoms with Crippen LogP contribution in [0.4, 0.5) is 0 Å². The molecule has 1 rings (SSSR count). The summed E-state index contributed by atoms with van der Waals surface area (Å²) in [6, 6.07) is 0. The average Bonchev–Trinajstić information content (AvgIpc) is 2.55. The van der Waals surface area contributed by atoms with Gasteiger partial charge in [-0.05, 0) is 0 Å². The monoisotopic (exact) mass is 402 g/mol. The quantitative estimate of drug-likeness (QED) is 0.360. The molecule has 21 heavy (non-hydrogen) atoms. The predicted octanol–water partition coefficient (Wildman–Crippen LogP) is 6.52. The maximum atomic E-state index is 13.4. The Morgan fingerprint density at radius 1 is 0.810 bits per heavy atom. The molecule has 0 aliphatic heterocycles. The van der Waals surface area contributed by atoms with Crippen LogP contribution in [0.15, 0.2) is 0 Å². The molecular formula is C19H38OSn. The summed E-state index contributed by atoms with van der Waals surface area (Å²) in [6.45, 7) is 6.88. The maximum absolute atomic E-state index is 13.4. The van der Waals surface area contributed by atoms with Crippen molar-refractivity contribution < 1.29 is 4.79 Å². The summed E-state index contributed by atoms with van der Waals surface area (Å²) in [5.41, 5.74) is 0. The number of hydrogen-bond acceptors (Lipinski definition) is 1. The first-order valence-corrected chi connectivity index (χ1v) is 17.2. The topological polar surface area (TPSA) is 17.1 Å². The van der Waals surface area contributed by atoms with Gasteiger partial charge >= 0.3 is 138 Å². The van der Waals surface area contributed by atoms with E-state index in [0.717, 1.165) is 3.80 Å². The van der Waals surface area contributed by atoms with Gasteiger partial charge in [0, 0.05) is 0 Å². The van der Waals surface area contributed by atoms with Gasteiger partial charge in [0.2, 0.25) is 0 Å². The molecule has 1 saturated carbocycles. The molecule has 0 unspecified atom stereocenters. The third-order valence-corrected chi connectivity index (χ3v) is 20.9. The Hall–Kier alpha value is 0.469. The minimum absolute atomic E-state index is 0.486. The van der Waals surface area contributed by atoms with Crippen molar-refractivity contribution >= 4 is 22.2 Å². The van der Waals surface area contributed by atoms with Crippen molar-refractivity contribution in [3.05, 3.63) is 0 Å². The second kappa shape index (κ2) is 11.1. The molecule has 0 radical (unpaired) electrons. The van der Waals surface area contributed by atoms with Crippen LogP contribution >= 0.6 is 0 Å². The summed E-state index contributed by atoms with van der Waals surface area (Å²) in [4.78, 5) is 13.4. The zero-order valence-electron chi connectivity index (χ0n) is 14.9. The molecule has 0 N–H and O–H groups in total. The number of rotatable bonds is 11. The molecule has 0 aromatic heterocycles. The number of hydrogen-bond donors (Lipinski definition) is 0. The number of unbranched alkanes of at least 4 members (excludes halogenated alkanes) is 3. The van der Waals surface area contributed by atoms with Crippen LogP contribution in [0.1, 0.15) is 91.4 Å². The fourth-order valence-electron chi connectivity index (χ4n) is 4.09. The van der Waals surface area contributed by atoms with Crippen LogP contribution in [0.2, 0.25) is 13.3 Å². The Kier molecular flexibility index (Phi) is 10.3. The summed E-state index contributed by atoms with van der Waals surface area (Å²) >= 11 is -2.57. The van der Waals surface area contributed by atoms with Crippen molar-refractivity contribution in [2.75, 3.05) is 0 Å². The molecule has 1 aliphatic carbocycles. The molecule has 124 valence electrons. The zero-order chi connectivity index (χ0) is 15.6. The summed E-state index contributed by atoms with van der Waals surface area (Å²) in [7, 11) is 0. The van der Waals surface area contributed by atoms with Crippen molar-refractivity contribution in [2.24, 2.45) is 5.92 Å². The van der Waals surface area contributed by atoms with Crippen LogP contribution in [0.5, 0.6) is 0 Å². The first-order chi connectivity index (χ1) is 10.2. The molecule has 0 bridgehead atoms. The van der Waals surface area contributed by atoms with Crippen LogP contribution < -0.4 is 0 Å². The number of carbonyl (C=O) groups is 1. The average molecular weight is 401 g/mol. The second-order valence-electron chi connectivity index (χ2n) is 7.29. The van der Waals surface area contributed by atoms with Gasteiger partial charge in [-0.25, -0.2) is 0 Å². The van der Waals surface area contributed by atoms with E-state index < -0.39 is 18.4 Å². The minimum atomic E-state index is -2.57. The zero-order valence-corrected chi connectivity index (χ0v) is 17.7. The molecule has 0 aromatic carbocycles. The van der Waals surface area contributed by atoms with Gasteiger partial charge in [-0.3, -0.25) is 0 Å². The third kappa shape index (κ3) is 6.23. The van der Waals surface area contributed by atoms with Gasteiger partial charge in [0.1, 0.15) is 0 Å². The van der Waals surface area contributed by atoms with E-state index in [1.807, 2.05) is 0 Å². The molecule has 0 spiro atoms. The van der Waals surface area contributed by atoms with E-state index >= 15 is 0 Å². The SMILES string of the molecule is CCC[CH2][Sn]([CH2]CCC)([CH2]CCC)[C](=O)C1CCCCC1. The molecule has 1 nitrogen and oxygen atoms in total. The van der Waals surface area contributed by atoms with E-state index in [1.165, 1.54) is 83.9 Å². The van der Waals surface area contributed by atoms with Crippen molar-refractivity contribution in [2.45, 2.75) is 105 Å². The Bertz CT molecular complexity index is 260. The van der Waals surface area contributed by atoms with Crippen molar-refractivity contribution in [3.63, 3.8) is 0 Å². The van der Waals surface area contributed by atoms with Crippen LogP contribution in [0.3, 0.4) is 0 Å². The molecule has 0 aromatic rings. The molecule has 0 heterocycles. The van der Waals surface area contributed by atoms with E-state index in [-0.39, 0.29) is 0 Å². The van der Waals surface area contributed by atoms with Crippen LogP contribution in [-0.4, -0.2) is 22.2 Å². The molecule has 1 aliphatic rings. The fraction of sp³-hybridized carbons (Fsp3) is 0.947. The first kappa shape index (κ1) is 19.5. The Balaban J connectivity index is 2.84. The van der Waals surface area contributed by atoms with Gasteiger partial charge < -0.3 is 0 Å². The first-order valence-electron chi connectivity index (χ1n) is 9.74. The van der Waals surface area contributed by atoms with Crippen molar-refractivity contribution in [1.29, 1.82) is 0 Å². The summed E-state index contributed by atoms with van der Waals surface area (Å²) in [5, 5.41) is 0. The van der Waals surface area contributed by atoms with Crippen LogP contribution in [-0.2, 0) is 4.79 Å². The van der Waals surface area contributed by atoms with Gasteiger partial charge in [0.25, 0.3) is 0 Å². The van der Waals surface area contributed by atoms with Crippen molar-refractivity contribution in [3.8, 4) is 0 Å². The van der Waals surface area contributed by atoms with Gasteiger partial charge in [-0.1, -0.05) is 0 Å². The van der Waals surface area contributed by atoms with E-state index in [0.29, 0.717) is 5.92 Å². The molecule has 2 heteroatoms. The number of carbonyl (C=O) groups excluding carboxylic acids is 1. The van der Waals surface area contributed by atoms with Crippen molar-refractivity contribution in [1.82, 2.24) is 0 Å². The molecular weight excluding hydrogens is 363 g/mol. The van der Waals surface area contributed by atoms with E-state index in [2.05, 4.69) is 20.8 Å². The molecule has 0 saturated heterocycles. The van der Waals surface area contributed by atoms with Gasteiger partial charge in [-0.15, -0.1) is 0 Å². The summed E-state index contributed by atoms with van der Waals surface area (Å²) in [5.74, 6) is 0.486. The summed E-state index contributed by atoms with van der Waals surface area (Å²) in [6.07, 6.45) is 14.2. The fourth-order valence-corrected chi connectivity index (χ4v) is 20.5. The molecule has 0 amide bonds. The van der Waals surface area contributed by atoms with E-state index in [4.69, 9.17) is 0 Å². The Morgan fingerprint density at radius 3 is 1.62 bits per heavy atom. The third-order valence-electron chi connectivity index (χ3n) is 5.53. The molecule has 1 fully saturated rings. The molecule has 0 atom stereocenters. The normalized spacial score (nSPS) is 17.1. The Labute approximate surface area is 137 Å². The van der Waals surface area contributed by atoms with E-state index in [9.17, 15) is 4.79 Å². The predicted molar refractivity (Wildman–Crippen MR) is 96.5 cm³/mol. The van der Waals surface area contributed by atoms with Gasteiger partial charge in [0.05, 0.1) is 0 Å². The van der Waals surface area contributed by atoms with Gasteiger partial charge in [-0.2, -0.15) is 0 Å². The standard InChI is InChI=1S/C7H11O.3C4H9.Sn/c8-6-7-4-2-1-3-5-7;3*1-3-4-2;/h7H,1-5H2;3*1,3-4H2,2H3;. The second-order valence-corrected chi connectivity index (χ2v) is 20.3. The van der Waals surface area contributed by atoms with Crippen LogP contribution in [0.25, 0.3) is 0 Å². The Morgan fingerprint density at radius 2 is 1.24 bits per heavy atom. The van der Waals surface area contributed by atoms with Crippen LogP contribution in [0, 0.1) is 5.92 Å². The summed E-state index contributed by atoms with van der Waals surface area (Å²) < 4.78 is 4.96. The van der Waals surface area contributed by atoms with Gasteiger partial charge in [0.15, 0.2) is 0 Å². The van der Waals surface area contributed by atoms with E-state index in [1.54, 1.807) is 0 Å².